The molecule has 0 amide bonds. The predicted octanol–water partition coefficient (Wildman–Crippen LogP) is 5.75. The second kappa shape index (κ2) is 10.9. The van der Waals surface area contributed by atoms with Crippen molar-refractivity contribution in [3.8, 4) is 17.1 Å². The summed E-state index contributed by atoms with van der Waals surface area (Å²) in [7, 11) is 0. The molecule has 3 unspecified atom stereocenters. The first-order chi connectivity index (χ1) is 20.9. The summed E-state index contributed by atoms with van der Waals surface area (Å²) in [6, 6.07) is 13.9. The summed E-state index contributed by atoms with van der Waals surface area (Å²) < 4.78 is 24.5. The number of benzene rings is 1. The fraction of sp³-hybridized carbons (Fsp3) is 0.486. The van der Waals surface area contributed by atoms with Gasteiger partial charge in [-0.2, -0.15) is 0 Å². The molecule has 44 heavy (non-hydrogen) atoms. The van der Waals surface area contributed by atoms with Gasteiger partial charge in [0.2, 0.25) is 0 Å². The molecule has 9 nitrogen and oxygen atoms in total. The van der Waals surface area contributed by atoms with Crippen molar-refractivity contribution in [2.45, 2.75) is 71.7 Å². The molecule has 9 heteroatoms. The topological polar surface area (TPSA) is 125 Å². The van der Waals surface area contributed by atoms with E-state index in [1.807, 2.05) is 13.0 Å². The maximum Gasteiger partial charge on any atom is 0.345 e. The van der Waals surface area contributed by atoms with Gasteiger partial charge in [0, 0.05) is 42.3 Å². The monoisotopic (exact) mass is 601 g/mol. The fourth-order valence-electron chi connectivity index (χ4n) is 8.47. The lowest BCUT2D eigenvalue weighted by Crippen LogP contribution is -2.70. The van der Waals surface area contributed by atoms with Gasteiger partial charge in [0.15, 0.2) is 0 Å². The smallest absolute Gasteiger partial charge is 0.345 e. The standard InChI is InChI=1S/C35H39NO8/c1-20-13-14-33(3)26(34(20,4)19-41-21(2)37)17-27(43-31(39)22-10-7-6-8-11-22)35(5)30(33)29(38)28-25(44-35)16-24(42-32(28)40)23-12-9-15-36-18-23/h6-12,15-16,18,20,26-27,29-30,38H,13-14,17,19H2,1-5H3/t20-,26?,27-,29-,30?,33-,34?,35+/m0/s1. The van der Waals surface area contributed by atoms with Crippen LogP contribution in [0.15, 0.2) is 70.1 Å². The van der Waals surface area contributed by atoms with E-state index in [2.05, 4.69) is 25.8 Å². The van der Waals surface area contributed by atoms with Gasteiger partial charge >= 0.3 is 17.6 Å². The van der Waals surface area contributed by atoms with Crippen LogP contribution < -0.4 is 10.4 Å². The SMILES string of the molecule is CC(=O)OCC1(C)C2C[C@H](OC(=O)c3ccccc3)[C@@]3(C)Oc4cc(-c5cccnc5)oc(=O)c4[C@H](O)C3[C@@]2(C)CC[C@@H]1C. The van der Waals surface area contributed by atoms with Crippen LogP contribution in [0.5, 0.6) is 5.75 Å². The van der Waals surface area contributed by atoms with E-state index in [1.54, 1.807) is 54.9 Å². The Morgan fingerprint density at radius 1 is 1.11 bits per heavy atom. The Morgan fingerprint density at radius 2 is 1.86 bits per heavy atom. The van der Waals surface area contributed by atoms with Crippen LogP contribution in [-0.2, 0) is 14.3 Å². The molecule has 6 rings (SSSR count). The maximum atomic E-state index is 13.5. The Kier molecular flexibility index (Phi) is 7.43. The van der Waals surface area contributed by atoms with Gasteiger partial charge in [-0.3, -0.25) is 9.78 Å². The van der Waals surface area contributed by atoms with Crippen molar-refractivity contribution in [1.82, 2.24) is 4.98 Å². The summed E-state index contributed by atoms with van der Waals surface area (Å²) in [4.78, 5) is 43.2. The number of fused-ring (bicyclic) bond motifs is 4. The molecule has 1 N–H and O–H groups in total. The minimum absolute atomic E-state index is 0.0513. The van der Waals surface area contributed by atoms with E-state index in [0.717, 1.165) is 12.8 Å². The molecule has 3 aromatic rings. The molecule has 2 fully saturated rings. The summed E-state index contributed by atoms with van der Waals surface area (Å²) in [6.07, 6.45) is 3.12. The molecule has 2 aliphatic carbocycles. The van der Waals surface area contributed by atoms with E-state index in [4.69, 9.17) is 18.6 Å². The molecule has 0 bridgehead atoms. The second-order valence-corrected chi connectivity index (χ2v) is 13.4. The predicted molar refractivity (Wildman–Crippen MR) is 161 cm³/mol. The minimum atomic E-state index is -1.26. The summed E-state index contributed by atoms with van der Waals surface area (Å²) in [5.41, 5.74) is -1.92. The highest BCUT2D eigenvalue weighted by Crippen LogP contribution is 2.68. The number of hydrogen-bond acceptors (Lipinski definition) is 9. The van der Waals surface area contributed by atoms with Crippen molar-refractivity contribution in [2.75, 3.05) is 6.61 Å². The molecule has 232 valence electrons. The van der Waals surface area contributed by atoms with E-state index < -0.39 is 46.2 Å². The fourth-order valence-corrected chi connectivity index (χ4v) is 8.47. The van der Waals surface area contributed by atoms with Crippen LogP contribution >= 0.6 is 0 Å². The zero-order chi connectivity index (χ0) is 31.4. The summed E-state index contributed by atoms with van der Waals surface area (Å²) in [5.74, 6) is -1.03. The highest BCUT2D eigenvalue weighted by atomic mass is 16.6. The van der Waals surface area contributed by atoms with Crippen molar-refractivity contribution in [2.24, 2.45) is 28.6 Å². The van der Waals surface area contributed by atoms with E-state index in [9.17, 15) is 19.5 Å². The molecule has 0 radical (unpaired) electrons. The quantitative estimate of drug-likeness (QED) is 0.364. The van der Waals surface area contributed by atoms with Gasteiger partial charge < -0.3 is 23.7 Å². The molecule has 3 aliphatic rings. The minimum Gasteiger partial charge on any atom is -0.482 e. The summed E-state index contributed by atoms with van der Waals surface area (Å²) in [6.45, 7) is 9.84. The number of rotatable bonds is 5. The van der Waals surface area contributed by atoms with Crippen molar-refractivity contribution in [1.29, 1.82) is 0 Å². The van der Waals surface area contributed by atoms with Crippen LogP contribution in [0.4, 0.5) is 0 Å². The first-order valence-corrected chi connectivity index (χ1v) is 15.2. The van der Waals surface area contributed by atoms with Gasteiger partial charge in [0.05, 0.1) is 18.3 Å². The van der Waals surface area contributed by atoms with Gasteiger partial charge in [-0.15, -0.1) is 0 Å². The number of hydrogen-bond donors (Lipinski definition) is 1. The van der Waals surface area contributed by atoms with Crippen LogP contribution in [0.3, 0.4) is 0 Å². The Morgan fingerprint density at radius 3 is 2.55 bits per heavy atom. The Hall–Kier alpha value is -3.98. The molecule has 0 spiro atoms. The highest BCUT2D eigenvalue weighted by Gasteiger charge is 2.70. The van der Waals surface area contributed by atoms with Crippen molar-refractivity contribution in [3.05, 3.63) is 82.5 Å². The number of carbonyl (C=O) groups is 2. The lowest BCUT2D eigenvalue weighted by Gasteiger charge is -2.66. The molecule has 3 heterocycles. The van der Waals surface area contributed by atoms with E-state index in [-0.39, 0.29) is 41.5 Å². The molecular formula is C35H39NO8. The van der Waals surface area contributed by atoms with Gasteiger partial charge in [-0.05, 0) is 67.7 Å². The average molecular weight is 602 g/mol. The number of ether oxygens (including phenoxy) is 3. The Labute approximate surface area is 256 Å². The molecule has 1 aliphatic heterocycles. The highest BCUT2D eigenvalue weighted by molar-refractivity contribution is 5.89. The van der Waals surface area contributed by atoms with Gasteiger partial charge in [-0.25, -0.2) is 9.59 Å². The molecule has 8 atom stereocenters. The number of pyridine rings is 1. The van der Waals surface area contributed by atoms with Crippen molar-refractivity contribution < 1.29 is 33.3 Å². The molecule has 2 aromatic heterocycles. The Balaban J connectivity index is 1.49. The van der Waals surface area contributed by atoms with Gasteiger partial charge in [0.1, 0.15) is 28.8 Å². The number of nitrogens with zero attached hydrogens (tertiary/aromatic N) is 1. The third-order valence-corrected chi connectivity index (χ3v) is 10.9. The molecule has 2 saturated carbocycles. The maximum absolute atomic E-state index is 13.5. The zero-order valence-corrected chi connectivity index (χ0v) is 25.7. The first kappa shape index (κ1) is 30.1. The molecular weight excluding hydrogens is 562 g/mol. The largest absolute Gasteiger partial charge is 0.482 e. The van der Waals surface area contributed by atoms with Crippen LogP contribution in [0.25, 0.3) is 11.3 Å². The lowest BCUT2D eigenvalue weighted by molar-refractivity contribution is -0.257. The lowest BCUT2D eigenvalue weighted by atomic mass is 9.41. The third kappa shape index (κ3) is 4.72. The molecule has 0 saturated heterocycles. The summed E-state index contributed by atoms with van der Waals surface area (Å²) in [5, 5.41) is 12.2. The zero-order valence-electron chi connectivity index (χ0n) is 25.7. The van der Waals surface area contributed by atoms with Crippen LogP contribution in [-0.4, -0.2) is 40.3 Å². The average Bonchev–Trinajstić information content (AvgIpc) is 2.99. The first-order valence-electron chi connectivity index (χ1n) is 15.2. The van der Waals surface area contributed by atoms with Crippen molar-refractivity contribution in [3.63, 3.8) is 0 Å². The number of esters is 2. The van der Waals surface area contributed by atoms with Crippen LogP contribution in [0.1, 0.15) is 75.9 Å². The Bertz CT molecular complexity index is 1620. The number of aromatic nitrogens is 1. The van der Waals surface area contributed by atoms with Gasteiger partial charge in [-0.1, -0.05) is 39.0 Å². The van der Waals surface area contributed by atoms with Crippen molar-refractivity contribution >= 4 is 11.9 Å². The second-order valence-electron chi connectivity index (χ2n) is 13.4. The van der Waals surface area contributed by atoms with E-state index in [0.29, 0.717) is 17.5 Å². The summed E-state index contributed by atoms with van der Waals surface area (Å²) >= 11 is 0. The van der Waals surface area contributed by atoms with Gasteiger partial charge in [0.25, 0.3) is 0 Å². The number of aliphatic hydroxyl groups is 1. The third-order valence-electron chi connectivity index (χ3n) is 10.9. The number of aliphatic hydroxyl groups excluding tert-OH is 1. The normalized spacial score (nSPS) is 34.0. The molecule has 1 aromatic carbocycles. The van der Waals surface area contributed by atoms with Crippen LogP contribution in [0.2, 0.25) is 0 Å². The number of carbonyl (C=O) groups excluding carboxylic acids is 2. The van der Waals surface area contributed by atoms with E-state index >= 15 is 0 Å². The van der Waals surface area contributed by atoms with Crippen LogP contribution in [0, 0.1) is 28.6 Å². The van der Waals surface area contributed by atoms with E-state index in [1.165, 1.54) is 6.92 Å².